The van der Waals surface area contributed by atoms with Gasteiger partial charge in [0.15, 0.2) is 0 Å². The van der Waals surface area contributed by atoms with Crippen LogP contribution >= 0.6 is 0 Å². The van der Waals surface area contributed by atoms with Gasteiger partial charge in [-0.05, 0) is 30.9 Å². The van der Waals surface area contributed by atoms with E-state index < -0.39 is 0 Å². The van der Waals surface area contributed by atoms with Crippen molar-refractivity contribution in [3.05, 3.63) is 41.5 Å². The SMILES string of the molecule is CCC/C=C(\CCC)Cc1ccccc1OC. The molecule has 0 aromatic heterocycles. The topological polar surface area (TPSA) is 9.23 Å². The highest BCUT2D eigenvalue weighted by Gasteiger charge is 2.04. The Bertz CT molecular complexity index is 352. The van der Waals surface area contributed by atoms with Crippen molar-refractivity contribution >= 4 is 0 Å². The van der Waals surface area contributed by atoms with Crippen LogP contribution in [-0.2, 0) is 6.42 Å². The summed E-state index contributed by atoms with van der Waals surface area (Å²) in [5, 5.41) is 0. The summed E-state index contributed by atoms with van der Waals surface area (Å²) in [6.45, 7) is 4.46. The number of ether oxygens (including phenoxy) is 1. The molecule has 0 aliphatic heterocycles. The Morgan fingerprint density at radius 2 is 1.94 bits per heavy atom. The minimum absolute atomic E-state index is 1.01. The van der Waals surface area contributed by atoms with Crippen LogP contribution in [0, 0.1) is 0 Å². The predicted molar refractivity (Wildman–Crippen MR) is 74.6 cm³/mol. The van der Waals surface area contributed by atoms with E-state index in [0.29, 0.717) is 0 Å². The maximum Gasteiger partial charge on any atom is 0.122 e. The van der Waals surface area contributed by atoms with Gasteiger partial charge in [-0.1, -0.05) is 56.5 Å². The molecule has 0 unspecified atom stereocenters. The molecule has 0 saturated carbocycles. The molecular formula is C16H24O. The average molecular weight is 232 g/mol. The van der Waals surface area contributed by atoms with Gasteiger partial charge in [-0.15, -0.1) is 0 Å². The maximum absolute atomic E-state index is 5.40. The first kappa shape index (κ1) is 13.8. The molecule has 0 saturated heterocycles. The quantitative estimate of drug-likeness (QED) is 0.616. The van der Waals surface area contributed by atoms with Crippen molar-refractivity contribution in [3.8, 4) is 5.75 Å². The zero-order chi connectivity index (χ0) is 12.5. The Kier molecular flexibility index (Phi) is 6.46. The van der Waals surface area contributed by atoms with Crippen LogP contribution in [0.2, 0.25) is 0 Å². The number of rotatable bonds is 7. The van der Waals surface area contributed by atoms with Gasteiger partial charge in [0, 0.05) is 0 Å². The largest absolute Gasteiger partial charge is 0.496 e. The third kappa shape index (κ3) is 4.64. The fourth-order valence-electron chi connectivity index (χ4n) is 2.03. The Hall–Kier alpha value is -1.24. The lowest BCUT2D eigenvalue weighted by molar-refractivity contribution is 0.410. The summed E-state index contributed by atoms with van der Waals surface area (Å²) in [6.07, 6.45) is 8.24. The first-order chi connectivity index (χ1) is 8.31. The summed E-state index contributed by atoms with van der Waals surface area (Å²) in [5.41, 5.74) is 2.84. The number of para-hydroxylation sites is 1. The monoisotopic (exact) mass is 232 g/mol. The van der Waals surface area contributed by atoms with Crippen molar-refractivity contribution < 1.29 is 4.74 Å². The summed E-state index contributed by atoms with van der Waals surface area (Å²) >= 11 is 0. The van der Waals surface area contributed by atoms with Gasteiger partial charge >= 0.3 is 0 Å². The van der Waals surface area contributed by atoms with Gasteiger partial charge in [-0.3, -0.25) is 0 Å². The van der Waals surface area contributed by atoms with Crippen LogP contribution < -0.4 is 4.74 Å². The van der Waals surface area contributed by atoms with Crippen LogP contribution in [0.5, 0.6) is 5.75 Å². The molecule has 1 nitrogen and oxygen atoms in total. The van der Waals surface area contributed by atoms with Gasteiger partial charge < -0.3 is 4.74 Å². The van der Waals surface area contributed by atoms with Gasteiger partial charge in [-0.2, -0.15) is 0 Å². The van der Waals surface area contributed by atoms with Crippen molar-refractivity contribution in [3.63, 3.8) is 0 Å². The molecule has 17 heavy (non-hydrogen) atoms. The first-order valence-electron chi connectivity index (χ1n) is 6.61. The van der Waals surface area contributed by atoms with Crippen molar-refractivity contribution in [1.82, 2.24) is 0 Å². The predicted octanol–water partition coefficient (Wildman–Crippen LogP) is 4.76. The number of unbranched alkanes of at least 4 members (excludes halogenated alkanes) is 1. The lowest BCUT2D eigenvalue weighted by Gasteiger charge is -2.10. The molecular weight excluding hydrogens is 208 g/mol. The molecule has 0 spiro atoms. The van der Waals surface area contributed by atoms with E-state index in [1.807, 2.05) is 12.1 Å². The molecule has 1 rings (SSSR count). The fraction of sp³-hybridized carbons (Fsp3) is 0.500. The molecule has 0 amide bonds. The number of allylic oxidation sites excluding steroid dienone is 2. The minimum atomic E-state index is 1.01. The highest BCUT2D eigenvalue weighted by molar-refractivity contribution is 5.36. The molecule has 0 atom stereocenters. The van der Waals surface area contributed by atoms with Gasteiger partial charge in [0.2, 0.25) is 0 Å². The lowest BCUT2D eigenvalue weighted by Crippen LogP contribution is -1.95. The fourth-order valence-corrected chi connectivity index (χ4v) is 2.03. The van der Waals surface area contributed by atoms with E-state index in [1.165, 1.54) is 31.2 Å². The van der Waals surface area contributed by atoms with E-state index in [9.17, 15) is 0 Å². The second-order valence-corrected chi connectivity index (χ2v) is 4.39. The van der Waals surface area contributed by atoms with Crippen LogP contribution in [0.1, 0.15) is 45.1 Å². The van der Waals surface area contributed by atoms with Gasteiger partial charge in [-0.25, -0.2) is 0 Å². The third-order valence-corrected chi connectivity index (χ3v) is 2.90. The normalized spacial score (nSPS) is 11.6. The van der Waals surface area contributed by atoms with E-state index in [-0.39, 0.29) is 0 Å². The van der Waals surface area contributed by atoms with Crippen LogP contribution in [-0.4, -0.2) is 7.11 Å². The molecule has 0 fully saturated rings. The number of hydrogen-bond acceptors (Lipinski definition) is 1. The summed E-state index contributed by atoms with van der Waals surface area (Å²) < 4.78 is 5.40. The van der Waals surface area contributed by atoms with Crippen molar-refractivity contribution in [1.29, 1.82) is 0 Å². The molecule has 0 radical (unpaired) electrons. The van der Waals surface area contributed by atoms with E-state index in [0.717, 1.165) is 12.2 Å². The molecule has 1 aromatic carbocycles. The number of methoxy groups -OCH3 is 1. The summed E-state index contributed by atoms with van der Waals surface area (Å²) in [7, 11) is 1.74. The van der Waals surface area contributed by atoms with E-state index in [4.69, 9.17) is 4.74 Å². The average Bonchev–Trinajstić information content (AvgIpc) is 2.37. The third-order valence-electron chi connectivity index (χ3n) is 2.90. The van der Waals surface area contributed by atoms with Crippen LogP contribution in [0.3, 0.4) is 0 Å². The summed E-state index contributed by atoms with van der Waals surface area (Å²) in [5.74, 6) is 1.01. The van der Waals surface area contributed by atoms with Crippen molar-refractivity contribution in [2.75, 3.05) is 7.11 Å². The first-order valence-corrected chi connectivity index (χ1v) is 6.61. The lowest BCUT2D eigenvalue weighted by atomic mass is 9.99. The molecule has 1 aromatic rings. The Morgan fingerprint density at radius 1 is 1.18 bits per heavy atom. The number of benzene rings is 1. The molecule has 94 valence electrons. The van der Waals surface area contributed by atoms with E-state index in [2.05, 4.69) is 32.1 Å². The smallest absolute Gasteiger partial charge is 0.122 e. The standard InChI is InChI=1S/C16H24O/c1-4-6-10-14(9-5-2)13-15-11-7-8-12-16(15)17-3/h7-8,10-12H,4-6,9,13H2,1-3H3/b14-10+. The van der Waals surface area contributed by atoms with Crippen molar-refractivity contribution in [2.24, 2.45) is 0 Å². The summed E-state index contributed by atoms with van der Waals surface area (Å²) in [6, 6.07) is 8.31. The molecule has 0 heterocycles. The van der Waals surface area contributed by atoms with Crippen LogP contribution in [0.25, 0.3) is 0 Å². The molecule has 1 heteroatoms. The minimum Gasteiger partial charge on any atom is -0.496 e. The molecule has 0 bridgehead atoms. The highest BCUT2D eigenvalue weighted by Crippen LogP contribution is 2.22. The maximum atomic E-state index is 5.40. The zero-order valence-electron chi connectivity index (χ0n) is 11.3. The van der Waals surface area contributed by atoms with Gasteiger partial charge in [0.05, 0.1) is 7.11 Å². The second kappa shape index (κ2) is 7.94. The van der Waals surface area contributed by atoms with E-state index >= 15 is 0 Å². The van der Waals surface area contributed by atoms with E-state index in [1.54, 1.807) is 12.7 Å². The Balaban J connectivity index is 2.77. The number of hydrogen-bond donors (Lipinski definition) is 0. The highest BCUT2D eigenvalue weighted by atomic mass is 16.5. The molecule has 0 N–H and O–H groups in total. The Morgan fingerprint density at radius 3 is 2.59 bits per heavy atom. The van der Waals surface area contributed by atoms with Crippen molar-refractivity contribution in [2.45, 2.75) is 46.0 Å². The van der Waals surface area contributed by atoms with Gasteiger partial charge in [0.1, 0.15) is 5.75 Å². The van der Waals surface area contributed by atoms with Gasteiger partial charge in [0.25, 0.3) is 0 Å². The Labute approximate surface area is 106 Å². The summed E-state index contributed by atoms with van der Waals surface area (Å²) in [4.78, 5) is 0. The second-order valence-electron chi connectivity index (χ2n) is 4.39. The molecule has 0 aliphatic carbocycles. The van der Waals surface area contributed by atoms with Crippen LogP contribution in [0.15, 0.2) is 35.9 Å². The van der Waals surface area contributed by atoms with Crippen LogP contribution in [0.4, 0.5) is 0 Å². The molecule has 0 aliphatic rings. The zero-order valence-corrected chi connectivity index (χ0v) is 11.3.